The molecule has 106 valence electrons. The number of rotatable bonds is 7. The van der Waals surface area contributed by atoms with E-state index in [2.05, 4.69) is 4.90 Å². The van der Waals surface area contributed by atoms with Crippen LogP contribution in [-0.4, -0.2) is 49.7 Å². The summed E-state index contributed by atoms with van der Waals surface area (Å²) in [5, 5.41) is 9.26. The molecule has 1 aromatic rings. The van der Waals surface area contributed by atoms with Gasteiger partial charge in [0, 0.05) is 13.1 Å². The fourth-order valence-corrected chi connectivity index (χ4v) is 2.09. The third-order valence-corrected chi connectivity index (χ3v) is 3.03. The van der Waals surface area contributed by atoms with Crippen LogP contribution in [0.5, 0.6) is 0 Å². The van der Waals surface area contributed by atoms with Crippen LogP contribution >= 0.6 is 0 Å². The van der Waals surface area contributed by atoms with E-state index in [-0.39, 0.29) is 5.56 Å². The van der Waals surface area contributed by atoms with Crippen LogP contribution in [0.1, 0.15) is 23.7 Å². The second kappa shape index (κ2) is 6.99. The van der Waals surface area contributed by atoms with Gasteiger partial charge in [0.15, 0.2) is 0 Å². The molecule has 0 amide bonds. The minimum Gasteiger partial charge on any atom is -0.478 e. The van der Waals surface area contributed by atoms with Crippen molar-refractivity contribution < 1.29 is 9.90 Å². The molecule has 19 heavy (non-hydrogen) atoms. The molecule has 0 aliphatic heterocycles. The van der Waals surface area contributed by atoms with Crippen LogP contribution in [-0.2, 0) is 0 Å². The van der Waals surface area contributed by atoms with E-state index in [4.69, 9.17) is 5.73 Å². The number of nitrogen functional groups attached to an aromatic ring is 1. The summed E-state index contributed by atoms with van der Waals surface area (Å²) < 4.78 is 0. The lowest BCUT2D eigenvalue weighted by molar-refractivity contribution is 0.0697. The maximum absolute atomic E-state index is 11.3. The Bertz CT molecular complexity index is 433. The van der Waals surface area contributed by atoms with Crippen molar-refractivity contribution in [1.82, 2.24) is 4.90 Å². The summed E-state index contributed by atoms with van der Waals surface area (Å²) >= 11 is 0. The number of hydrogen-bond acceptors (Lipinski definition) is 4. The molecule has 0 spiro atoms. The molecule has 0 saturated heterocycles. The summed E-state index contributed by atoms with van der Waals surface area (Å²) in [6.07, 6.45) is 0.967. The maximum atomic E-state index is 11.3. The van der Waals surface area contributed by atoms with Gasteiger partial charge in [-0.25, -0.2) is 4.79 Å². The van der Waals surface area contributed by atoms with E-state index in [0.29, 0.717) is 11.4 Å². The molecule has 5 nitrogen and oxygen atoms in total. The van der Waals surface area contributed by atoms with Crippen molar-refractivity contribution in [3.63, 3.8) is 0 Å². The number of nitrogens with zero attached hydrogens (tertiary/aromatic N) is 2. The van der Waals surface area contributed by atoms with Crippen LogP contribution in [0.2, 0.25) is 0 Å². The smallest absolute Gasteiger partial charge is 0.337 e. The number of carboxylic acids is 1. The number of nitrogens with two attached hydrogens (primary N) is 1. The van der Waals surface area contributed by atoms with E-state index in [9.17, 15) is 9.90 Å². The maximum Gasteiger partial charge on any atom is 0.337 e. The Labute approximate surface area is 114 Å². The third-order valence-electron chi connectivity index (χ3n) is 3.03. The first kappa shape index (κ1) is 15.3. The molecule has 5 heteroatoms. The number of para-hydroxylation sites is 1. The summed E-state index contributed by atoms with van der Waals surface area (Å²) in [6, 6.07) is 5.02. The van der Waals surface area contributed by atoms with Crippen molar-refractivity contribution in [2.45, 2.75) is 13.3 Å². The van der Waals surface area contributed by atoms with Crippen molar-refractivity contribution in [2.24, 2.45) is 0 Å². The van der Waals surface area contributed by atoms with Gasteiger partial charge < -0.3 is 20.6 Å². The summed E-state index contributed by atoms with van der Waals surface area (Å²) in [6.45, 7) is 4.50. The quantitative estimate of drug-likeness (QED) is 0.735. The third kappa shape index (κ3) is 4.13. The Morgan fingerprint density at radius 2 is 2.00 bits per heavy atom. The molecule has 0 atom stereocenters. The van der Waals surface area contributed by atoms with E-state index in [1.54, 1.807) is 18.2 Å². The van der Waals surface area contributed by atoms with Crippen LogP contribution in [0.15, 0.2) is 18.2 Å². The van der Waals surface area contributed by atoms with Crippen LogP contribution in [0.3, 0.4) is 0 Å². The van der Waals surface area contributed by atoms with E-state index < -0.39 is 5.97 Å². The highest BCUT2D eigenvalue weighted by atomic mass is 16.4. The second-order valence-corrected chi connectivity index (χ2v) is 4.79. The summed E-state index contributed by atoms with van der Waals surface area (Å²) in [5.74, 6) is -0.937. The zero-order valence-electron chi connectivity index (χ0n) is 11.9. The first-order valence-electron chi connectivity index (χ1n) is 6.48. The van der Waals surface area contributed by atoms with E-state index in [1.807, 2.05) is 25.9 Å². The van der Waals surface area contributed by atoms with E-state index in [0.717, 1.165) is 26.1 Å². The normalized spacial score (nSPS) is 10.7. The molecule has 0 aliphatic carbocycles. The average Bonchev–Trinajstić information content (AvgIpc) is 2.34. The zero-order valence-corrected chi connectivity index (χ0v) is 11.9. The predicted octanol–water partition coefficient (Wildman–Crippen LogP) is 1.74. The monoisotopic (exact) mass is 265 g/mol. The van der Waals surface area contributed by atoms with Gasteiger partial charge >= 0.3 is 5.97 Å². The number of anilines is 2. The summed E-state index contributed by atoms with van der Waals surface area (Å²) in [5.41, 5.74) is 7.38. The average molecular weight is 265 g/mol. The lowest BCUT2D eigenvalue weighted by Crippen LogP contribution is -2.29. The Morgan fingerprint density at radius 3 is 2.53 bits per heavy atom. The number of carboxylic acid groups (broad SMARTS) is 1. The molecular weight excluding hydrogens is 242 g/mol. The summed E-state index contributed by atoms with van der Waals surface area (Å²) in [4.78, 5) is 15.4. The van der Waals surface area contributed by atoms with Gasteiger partial charge in [-0.05, 0) is 46.1 Å². The Morgan fingerprint density at radius 1 is 1.32 bits per heavy atom. The van der Waals surface area contributed by atoms with Gasteiger partial charge in [-0.3, -0.25) is 0 Å². The number of carbonyl (C=O) groups is 1. The molecule has 0 bridgehead atoms. The summed E-state index contributed by atoms with van der Waals surface area (Å²) in [7, 11) is 4.05. The fraction of sp³-hybridized carbons (Fsp3) is 0.500. The number of benzene rings is 1. The molecule has 0 saturated carbocycles. The molecule has 0 aromatic heterocycles. The van der Waals surface area contributed by atoms with Crippen molar-refractivity contribution in [2.75, 3.05) is 44.4 Å². The highest BCUT2D eigenvalue weighted by Gasteiger charge is 2.17. The SMILES string of the molecule is CCN(CCCN(C)C)c1c(N)cccc1C(=O)O. The fourth-order valence-electron chi connectivity index (χ4n) is 2.09. The van der Waals surface area contributed by atoms with Crippen molar-refractivity contribution >= 4 is 17.3 Å². The van der Waals surface area contributed by atoms with Crippen LogP contribution < -0.4 is 10.6 Å². The standard InChI is InChI=1S/C14H23N3O2/c1-4-17(10-6-9-16(2)3)13-11(14(18)19)7-5-8-12(13)15/h5,7-8H,4,6,9-10,15H2,1-3H3,(H,18,19). The minimum absolute atomic E-state index is 0.270. The molecular formula is C14H23N3O2. The Kier molecular flexibility index (Phi) is 5.63. The van der Waals surface area contributed by atoms with Gasteiger partial charge in [0.05, 0.1) is 16.9 Å². The molecule has 1 aromatic carbocycles. The topological polar surface area (TPSA) is 69.8 Å². The number of aromatic carboxylic acids is 1. The van der Waals surface area contributed by atoms with Crippen LogP contribution in [0, 0.1) is 0 Å². The second-order valence-electron chi connectivity index (χ2n) is 4.79. The van der Waals surface area contributed by atoms with E-state index in [1.165, 1.54) is 0 Å². The first-order chi connectivity index (χ1) is 8.97. The zero-order chi connectivity index (χ0) is 14.4. The lowest BCUT2D eigenvalue weighted by Gasteiger charge is -2.26. The molecule has 3 N–H and O–H groups in total. The molecule has 0 unspecified atom stereocenters. The van der Waals surface area contributed by atoms with Crippen molar-refractivity contribution in [3.8, 4) is 0 Å². The van der Waals surface area contributed by atoms with Gasteiger partial charge in [0.2, 0.25) is 0 Å². The lowest BCUT2D eigenvalue weighted by atomic mass is 10.1. The molecule has 0 aliphatic rings. The van der Waals surface area contributed by atoms with E-state index >= 15 is 0 Å². The molecule has 0 heterocycles. The molecule has 0 fully saturated rings. The first-order valence-corrected chi connectivity index (χ1v) is 6.48. The van der Waals surface area contributed by atoms with Gasteiger partial charge in [0.25, 0.3) is 0 Å². The Balaban J connectivity index is 2.94. The van der Waals surface area contributed by atoms with Gasteiger partial charge in [-0.1, -0.05) is 6.07 Å². The largest absolute Gasteiger partial charge is 0.478 e. The van der Waals surface area contributed by atoms with Crippen molar-refractivity contribution in [1.29, 1.82) is 0 Å². The van der Waals surface area contributed by atoms with Crippen LogP contribution in [0.25, 0.3) is 0 Å². The highest BCUT2D eigenvalue weighted by molar-refractivity contribution is 5.98. The van der Waals surface area contributed by atoms with Crippen LogP contribution in [0.4, 0.5) is 11.4 Å². The van der Waals surface area contributed by atoms with Gasteiger partial charge in [-0.15, -0.1) is 0 Å². The van der Waals surface area contributed by atoms with Crippen molar-refractivity contribution in [3.05, 3.63) is 23.8 Å². The molecule has 1 rings (SSSR count). The van der Waals surface area contributed by atoms with Gasteiger partial charge in [0.1, 0.15) is 0 Å². The highest BCUT2D eigenvalue weighted by Crippen LogP contribution is 2.28. The minimum atomic E-state index is -0.937. The predicted molar refractivity (Wildman–Crippen MR) is 78.9 cm³/mol. The Hall–Kier alpha value is -1.75. The van der Waals surface area contributed by atoms with Gasteiger partial charge in [-0.2, -0.15) is 0 Å². The number of hydrogen-bond donors (Lipinski definition) is 2. The molecule has 0 radical (unpaired) electrons.